The Hall–Kier alpha value is -0.860. The van der Waals surface area contributed by atoms with E-state index in [4.69, 9.17) is 15.2 Å². The van der Waals surface area contributed by atoms with Gasteiger partial charge >= 0.3 is 6.09 Å². The largest absolute Gasteiger partial charge is 0.444 e. The van der Waals surface area contributed by atoms with Gasteiger partial charge in [0.25, 0.3) is 0 Å². The van der Waals surface area contributed by atoms with Crippen molar-refractivity contribution < 1.29 is 22.7 Å². The Labute approximate surface area is 139 Å². The van der Waals surface area contributed by atoms with Crippen LogP contribution in [0.5, 0.6) is 0 Å². The molecule has 136 valence electrons. The van der Waals surface area contributed by atoms with Gasteiger partial charge in [0.1, 0.15) is 15.4 Å². The molecule has 0 bridgehead atoms. The van der Waals surface area contributed by atoms with Crippen LogP contribution in [0.15, 0.2) is 0 Å². The van der Waals surface area contributed by atoms with E-state index in [1.165, 1.54) is 0 Å². The van der Waals surface area contributed by atoms with Gasteiger partial charge in [0.2, 0.25) is 0 Å². The second-order valence-corrected chi connectivity index (χ2v) is 9.33. The van der Waals surface area contributed by atoms with Crippen LogP contribution in [0.1, 0.15) is 40.5 Å². The zero-order valence-electron chi connectivity index (χ0n) is 14.6. The van der Waals surface area contributed by atoms with Crippen LogP contribution in [0.2, 0.25) is 0 Å². The molecule has 1 aliphatic rings. The monoisotopic (exact) mass is 350 g/mol. The lowest BCUT2D eigenvalue weighted by Gasteiger charge is -2.39. The molecule has 2 unspecified atom stereocenters. The summed E-state index contributed by atoms with van der Waals surface area (Å²) in [5.74, 6) is 0.260. The molecule has 2 N–H and O–H groups in total. The normalized spacial score (nSPS) is 21.1. The molecule has 0 spiro atoms. The van der Waals surface area contributed by atoms with E-state index in [0.717, 1.165) is 0 Å². The fraction of sp³-hybridized carbons (Fsp3) is 0.933. The van der Waals surface area contributed by atoms with E-state index in [2.05, 4.69) is 0 Å². The van der Waals surface area contributed by atoms with E-state index in [1.807, 2.05) is 20.8 Å². The molecule has 0 aromatic heterocycles. The van der Waals surface area contributed by atoms with Crippen molar-refractivity contribution in [3.8, 4) is 0 Å². The van der Waals surface area contributed by atoms with Crippen LogP contribution < -0.4 is 5.73 Å². The van der Waals surface area contributed by atoms with Crippen LogP contribution in [0.4, 0.5) is 4.79 Å². The predicted octanol–water partition coefficient (Wildman–Crippen LogP) is 1.16. The standard InChI is InChI=1S/C15H30N2O5S/c1-5-23(19,20)10-6-7-12(16)13-11-21-9-8-17(13)14(18)22-15(2,3)4/h12-13H,5-11,16H2,1-4H3. The first-order chi connectivity index (χ1) is 10.6. The fourth-order valence-corrected chi connectivity index (χ4v) is 3.30. The molecule has 0 aromatic carbocycles. The first-order valence-corrected chi connectivity index (χ1v) is 9.91. The van der Waals surface area contributed by atoms with Crippen molar-refractivity contribution in [2.45, 2.75) is 58.2 Å². The van der Waals surface area contributed by atoms with Gasteiger partial charge in [-0.25, -0.2) is 13.2 Å². The number of sulfone groups is 1. The van der Waals surface area contributed by atoms with E-state index < -0.39 is 21.5 Å². The Balaban J connectivity index is 2.61. The second kappa shape index (κ2) is 8.30. The number of carbonyl (C=O) groups is 1. The summed E-state index contributed by atoms with van der Waals surface area (Å²) in [5.41, 5.74) is 5.62. The maximum absolute atomic E-state index is 12.3. The minimum atomic E-state index is -2.99. The quantitative estimate of drug-likeness (QED) is 0.772. The smallest absolute Gasteiger partial charge is 0.410 e. The highest BCUT2D eigenvalue weighted by molar-refractivity contribution is 7.91. The highest BCUT2D eigenvalue weighted by Gasteiger charge is 2.34. The summed E-state index contributed by atoms with van der Waals surface area (Å²) >= 11 is 0. The first-order valence-electron chi connectivity index (χ1n) is 8.09. The second-order valence-electron chi connectivity index (χ2n) is 6.86. The molecule has 7 nitrogen and oxygen atoms in total. The Bertz CT molecular complexity index is 487. The van der Waals surface area contributed by atoms with E-state index in [0.29, 0.717) is 32.6 Å². The molecule has 1 rings (SSSR count). The molecule has 2 atom stereocenters. The van der Waals surface area contributed by atoms with Crippen LogP contribution in [0, 0.1) is 0 Å². The summed E-state index contributed by atoms with van der Waals surface area (Å²) in [7, 11) is -2.99. The minimum Gasteiger partial charge on any atom is -0.444 e. The number of morpholine rings is 1. The molecule has 1 heterocycles. The number of amides is 1. The summed E-state index contributed by atoms with van der Waals surface area (Å²) in [6, 6.07) is -0.627. The van der Waals surface area contributed by atoms with Crippen LogP contribution in [0.25, 0.3) is 0 Å². The molecule has 0 radical (unpaired) electrons. The van der Waals surface area contributed by atoms with Crippen molar-refractivity contribution in [2.75, 3.05) is 31.3 Å². The van der Waals surface area contributed by atoms with Crippen molar-refractivity contribution in [1.82, 2.24) is 4.90 Å². The highest BCUT2D eigenvalue weighted by Crippen LogP contribution is 2.18. The molecule has 0 aliphatic carbocycles. The van der Waals surface area contributed by atoms with Crippen molar-refractivity contribution in [3.05, 3.63) is 0 Å². The highest BCUT2D eigenvalue weighted by atomic mass is 32.2. The molecule has 23 heavy (non-hydrogen) atoms. The minimum absolute atomic E-state index is 0.122. The van der Waals surface area contributed by atoms with Crippen molar-refractivity contribution in [1.29, 1.82) is 0 Å². The molecular weight excluding hydrogens is 320 g/mol. The Kier molecular flexibility index (Phi) is 7.29. The third kappa shape index (κ3) is 7.05. The summed E-state index contributed by atoms with van der Waals surface area (Å²) in [4.78, 5) is 13.9. The van der Waals surface area contributed by atoms with Gasteiger partial charge in [-0.15, -0.1) is 0 Å². The van der Waals surface area contributed by atoms with Crippen LogP contribution in [-0.4, -0.2) is 68.4 Å². The van der Waals surface area contributed by atoms with Crippen molar-refractivity contribution >= 4 is 15.9 Å². The zero-order valence-corrected chi connectivity index (χ0v) is 15.4. The van der Waals surface area contributed by atoms with Gasteiger partial charge < -0.3 is 15.2 Å². The molecule has 1 amide bonds. The summed E-state index contributed by atoms with van der Waals surface area (Å²) in [6.45, 7) is 8.31. The lowest BCUT2D eigenvalue weighted by molar-refractivity contribution is -0.0385. The van der Waals surface area contributed by atoms with E-state index >= 15 is 0 Å². The Morgan fingerprint density at radius 3 is 2.65 bits per heavy atom. The van der Waals surface area contributed by atoms with Gasteiger partial charge in [0, 0.05) is 18.3 Å². The first kappa shape index (κ1) is 20.2. The summed E-state index contributed by atoms with van der Waals surface area (Å²) < 4.78 is 33.9. The molecule has 1 aliphatic heterocycles. The lowest BCUT2D eigenvalue weighted by atomic mass is 10.0. The number of rotatable bonds is 6. The molecule has 1 fully saturated rings. The van der Waals surface area contributed by atoms with Crippen molar-refractivity contribution in [2.24, 2.45) is 5.73 Å². The Morgan fingerprint density at radius 1 is 1.43 bits per heavy atom. The average Bonchev–Trinajstić information content (AvgIpc) is 2.45. The van der Waals surface area contributed by atoms with Gasteiger partial charge in [0.05, 0.1) is 25.0 Å². The molecule has 0 saturated carbocycles. The van der Waals surface area contributed by atoms with Gasteiger partial charge in [-0.2, -0.15) is 0 Å². The Morgan fingerprint density at radius 2 is 2.09 bits per heavy atom. The molecule has 8 heteroatoms. The third-order valence-corrected chi connectivity index (χ3v) is 5.51. The lowest BCUT2D eigenvalue weighted by Crippen LogP contribution is -2.57. The van der Waals surface area contributed by atoms with E-state index in [9.17, 15) is 13.2 Å². The number of ether oxygens (including phenoxy) is 2. The summed E-state index contributed by atoms with van der Waals surface area (Å²) in [6.07, 6.45) is 0.602. The number of nitrogens with zero attached hydrogens (tertiary/aromatic N) is 1. The fourth-order valence-electron chi connectivity index (χ4n) is 2.40. The van der Waals surface area contributed by atoms with Crippen LogP contribution >= 0.6 is 0 Å². The molecule has 0 aromatic rings. The van der Waals surface area contributed by atoms with Gasteiger partial charge in [0.15, 0.2) is 0 Å². The summed E-state index contributed by atoms with van der Waals surface area (Å²) in [5, 5.41) is 0. The molecular formula is C15H30N2O5S. The van der Waals surface area contributed by atoms with Gasteiger partial charge in [-0.1, -0.05) is 6.92 Å². The van der Waals surface area contributed by atoms with Crippen LogP contribution in [0.3, 0.4) is 0 Å². The van der Waals surface area contributed by atoms with Gasteiger partial charge in [-0.3, -0.25) is 4.90 Å². The number of hydrogen-bond donors (Lipinski definition) is 1. The van der Waals surface area contributed by atoms with Crippen LogP contribution in [-0.2, 0) is 19.3 Å². The average molecular weight is 350 g/mol. The van der Waals surface area contributed by atoms with Crippen molar-refractivity contribution in [3.63, 3.8) is 0 Å². The molecule has 1 saturated heterocycles. The number of nitrogens with two attached hydrogens (primary N) is 1. The predicted molar refractivity (Wildman–Crippen MR) is 89.1 cm³/mol. The maximum atomic E-state index is 12.3. The SMILES string of the molecule is CCS(=O)(=O)CCCC(N)C1COCCN1C(=O)OC(C)(C)C. The van der Waals surface area contributed by atoms with E-state index in [1.54, 1.807) is 11.8 Å². The topological polar surface area (TPSA) is 98.9 Å². The number of hydrogen-bond acceptors (Lipinski definition) is 6. The zero-order chi connectivity index (χ0) is 17.7. The van der Waals surface area contributed by atoms with E-state index in [-0.39, 0.29) is 23.6 Å². The van der Waals surface area contributed by atoms with Gasteiger partial charge in [-0.05, 0) is 33.6 Å². The third-order valence-electron chi connectivity index (χ3n) is 3.72. The number of carbonyl (C=O) groups excluding carboxylic acids is 1. The maximum Gasteiger partial charge on any atom is 0.410 e.